The zero-order chi connectivity index (χ0) is 16.6. The third kappa shape index (κ3) is 3.04. The number of amides is 2. The Kier molecular flexibility index (Phi) is 3.78. The van der Waals surface area contributed by atoms with Gasteiger partial charge in [0.15, 0.2) is 6.10 Å². The van der Waals surface area contributed by atoms with Gasteiger partial charge < -0.3 is 15.4 Å². The molecule has 3 rings (SSSR count). The number of hydrogen-bond donors (Lipinski definition) is 2. The summed E-state index contributed by atoms with van der Waals surface area (Å²) in [5.41, 5.74) is 3.83. The number of rotatable bonds is 2. The van der Waals surface area contributed by atoms with Crippen molar-refractivity contribution in [1.29, 1.82) is 0 Å². The lowest BCUT2D eigenvalue weighted by Crippen LogP contribution is -2.34. The second kappa shape index (κ2) is 5.76. The van der Waals surface area contributed by atoms with Crippen LogP contribution in [0.15, 0.2) is 36.4 Å². The highest BCUT2D eigenvalue weighted by atomic mass is 16.5. The maximum Gasteiger partial charge on any atom is 0.265 e. The van der Waals surface area contributed by atoms with E-state index < -0.39 is 6.10 Å². The van der Waals surface area contributed by atoms with Gasteiger partial charge in [-0.25, -0.2) is 0 Å². The molecule has 118 valence electrons. The number of ether oxygens (including phenoxy) is 1. The predicted molar refractivity (Wildman–Crippen MR) is 89.0 cm³/mol. The number of benzene rings is 2. The quantitative estimate of drug-likeness (QED) is 0.894. The van der Waals surface area contributed by atoms with Crippen molar-refractivity contribution in [3.8, 4) is 5.75 Å². The highest BCUT2D eigenvalue weighted by molar-refractivity contribution is 6.06. The van der Waals surface area contributed by atoms with E-state index in [1.165, 1.54) is 0 Å². The van der Waals surface area contributed by atoms with Gasteiger partial charge in [0.25, 0.3) is 11.8 Å². The number of carbonyl (C=O) groups excluding carboxylic acids is 2. The maximum atomic E-state index is 12.4. The van der Waals surface area contributed by atoms with Crippen LogP contribution in [-0.4, -0.2) is 17.9 Å². The van der Waals surface area contributed by atoms with E-state index in [-0.39, 0.29) is 11.8 Å². The van der Waals surface area contributed by atoms with Crippen molar-refractivity contribution in [2.75, 3.05) is 10.6 Å². The minimum Gasteiger partial charge on any atom is -0.479 e. The Morgan fingerprint density at radius 1 is 1.17 bits per heavy atom. The van der Waals surface area contributed by atoms with Crippen LogP contribution in [0.25, 0.3) is 0 Å². The number of nitrogens with one attached hydrogen (secondary N) is 2. The van der Waals surface area contributed by atoms with Crippen molar-refractivity contribution in [3.05, 3.63) is 53.1 Å². The average Bonchev–Trinajstić information content (AvgIpc) is 2.48. The fraction of sp³-hybridized carbons (Fsp3) is 0.222. The van der Waals surface area contributed by atoms with Gasteiger partial charge in [-0.1, -0.05) is 17.7 Å². The first-order valence-corrected chi connectivity index (χ1v) is 7.44. The highest BCUT2D eigenvalue weighted by Gasteiger charge is 2.23. The molecule has 0 spiro atoms. The van der Waals surface area contributed by atoms with Crippen molar-refractivity contribution in [1.82, 2.24) is 0 Å². The lowest BCUT2D eigenvalue weighted by atomic mass is 10.1. The molecule has 0 aromatic heterocycles. The molecule has 2 amide bonds. The molecule has 0 aliphatic carbocycles. The lowest BCUT2D eigenvalue weighted by molar-refractivity contribution is -0.122. The summed E-state index contributed by atoms with van der Waals surface area (Å²) in [6.45, 7) is 5.58. The first-order chi connectivity index (χ1) is 10.9. The van der Waals surface area contributed by atoms with Crippen LogP contribution in [0.3, 0.4) is 0 Å². The molecule has 0 unspecified atom stereocenters. The van der Waals surface area contributed by atoms with Crippen LogP contribution in [0.2, 0.25) is 0 Å². The summed E-state index contributed by atoms with van der Waals surface area (Å²) in [5, 5.41) is 5.62. The number of anilines is 2. The van der Waals surface area contributed by atoms with Crippen LogP contribution >= 0.6 is 0 Å². The summed E-state index contributed by atoms with van der Waals surface area (Å²) in [6.07, 6.45) is -0.516. The van der Waals surface area contributed by atoms with Gasteiger partial charge in [0, 0.05) is 11.3 Å². The second-order valence-electron chi connectivity index (χ2n) is 5.73. The van der Waals surface area contributed by atoms with E-state index in [0.29, 0.717) is 22.7 Å². The minimum absolute atomic E-state index is 0.182. The molecule has 0 bridgehead atoms. The second-order valence-corrected chi connectivity index (χ2v) is 5.73. The number of carbonyl (C=O) groups is 2. The zero-order valence-electron chi connectivity index (χ0n) is 13.3. The molecular weight excluding hydrogens is 292 g/mol. The maximum absolute atomic E-state index is 12.4. The molecule has 2 N–H and O–H groups in total. The Hall–Kier alpha value is -2.82. The normalized spacial score (nSPS) is 16.1. The molecule has 23 heavy (non-hydrogen) atoms. The van der Waals surface area contributed by atoms with E-state index in [0.717, 1.165) is 11.1 Å². The summed E-state index contributed by atoms with van der Waals surface area (Å²) >= 11 is 0. The number of aryl methyl sites for hydroxylation is 2. The van der Waals surface area contributed by atoms with Gasteiger partial charge in [0.1, 0.15) is 5.75 Å². The Morgan fingerprint density at radius 2 is 1.96 bits per heavy atom. The smallest absolute Gasteiger partial charge is 0.265 e. The molecule has 1 atom stereocenters. The first kappa shape index (κ1) is 15.1. The molecule has 0 saturated carbocycles. The summed E-state index contributed by atoms with van der Waals surface area (Å²) in [4.78, 5) is 24.1. The van der Waals surface area contributed by atoms with Gasteiger partial charge in [0.2, 0.25) is 0 Å². The predicted octanol–water partition coefficient (Wildman–Crippen LogP) is 3.28. The molecule has 5 nitrogen and oxygen atoms in total. The summed E-state index contributed by atoms with van der Waals surface area (Å²) < 4.78 is 5.50. The lowest BCUT2D eigenvalue weighted by Gasteiger charge is -2.23. The third-order valence-corrected chi connectivity index (χ3v) is 3.79. The molecule has 0 fully saturated rings. The largest absolute Gasteiger partial charge is 0.479 e. The molecule has 0 radical (unpaired) electrons. The summed E-state index contributed by atoms with van der Waals surface area (Å²) in [5.74, 6) is 0.218. The van der Waals surface area contributed by atoms with Crippen LogP contribution in [0.4, 0.5) is 11.4 Å². The van der Waals surface area contributed by atoms with Crippen molar-refractivity contribution in [2.45, 2.75) is 26.9 Å². The van der Waals surface area contributed by atoms with E-state index >= 15 is 0 Å². The van der Waals surface area contributed by atoms with Gasteiger partial charge >= 0.3 is 0 Å². The van der Waals surface area contributed by atoms with Crippen LogP contribution in [-0.2, 0) is 4.79 Å². The van der Waals surface area contributed by atoms with Crippen molar-refractivity contribution < 1.29 is 14.3 Å². The summed E-state index contributed by atoms with van der Waals surface area (Å²) in [7, 11) is 0. The van der Waals surface area contributed by atoms with E-state index in [9.17, 15) is 9.59 Å². The number of hydrogen-bond acceptors (Lipinski definition) is 3. The summed E-state index contributed by atoms with van der Waals surface area (Å²) in [6, 6.07) is 10.9. The van der Waals surface area contributed by atoms with Crippen LogP contribution in [0, 0.1) is 13.8 Å². The fourth-order valence-corrected chi connectivity index (χ4v) is 2.55. The standard InChI is InChI=1S/C18H18N2O3/c1-10-4-6-14(11(2)8-10)18(22)19-13-5-7-16-15(9-13)20-17(21)12(3)23-16/h4-9,12H,1-3H3,(H,19,22)(H,20,21)/t12-/m1/s1. The average molecular weight is 310 g/mol. The van der Waals surface area contributed by atoms with Crippen LogP contribution < -0.4 is 15.4 Å². The molecule has 2 aromatic rings. The molecule has 2 aromatic carbocycles. The van der Waals surface area contributed by atoms with Gasteiger partial charge in [0.05, 0.1) is 5.69 Å². The Bertz CT molecular complexity index is 799. The molecule has 0 saturated heterocycles. The van der Waals surface area contributed by atoms with Crippen LogP contribution in [0.5, 0.6) is 5.75 Å². The fourth-order valence-electron chi connectivity index (χ4n) is 2.55. The molecule has 5 heteroatoms. The van der Waals surface area contributed by atoms with E-state index in [1.54, 1.807) is 25.1 Å². The Morgan fingerprint density at radius 3 is 2.70 bits per heavy atom. The molecule has 1 heterocycles. The SMILES string of the molecule is Cc1ccc(C(=O)Nc2ccc3c(c2)NC(=O)[C@@H](C)O3)c(C)c1. The van der Waals surface area contributed by atoms with Crippen LogP contribution in [0.1, 0.15) is 28.4 Å². The van der Waals surface area contributed by atoms with Gasteiger partial charge in [-0.2, -0.15) is 0 Å². The Labute approximate surface area is 134 Å². The van der Waals surface area contributed by atoms with Gasteiger partial charge in [-0.05, 0) is 50.6 Å². The van der Waals surface area contributed by atoms with Gasteiger partial charge in [-0.15, -0.1) is 0 Å². The molecule has 1 aliphatic heterocycles. The van der Waals surface area contributed by atoms with Crippen molar-refractivity contribution in [3.63, 3.8) is 0 Å². The van der Waals surface area contributed by atoms with Crippen molar-refractivity contribution in [2.24, 2.45) is 0 Å². The van der Waals surface area contributed by atoms with Crippen molar-refractivity contribution >= 4 is 23.2 Å². The molecular formula is C18H18N2O3. The van der Waals surface area contributed by atoms with Gasteiger partial charge in [-0.3, -0.25) is 9.59 Å². The first-order valence-electron chi connectivity index (χ1n) is 7.44. The monoisotopic (exact) mass is 310 g/mol. The Balaban J connectivity index is 1.82. The highest BCUT2D eigenvalue weighted by Crippen LogP contribution is 2.32. The zero-order valence-corrected chi connectivity index (χ0v) is 13.3. The van der Waals surface area contributed by atoms with E-state index in [4.69, 9.17) is 4.74 Å². The third-order valence-electron chi connectivity index (χ3n) is 3.79. The minimum atomic E-state index is -0.516. The molecule has 1 aliphatic rings. The van der Waals surface area contributed by atoms with E-state index in [1.807, 2.05) is 32.0 Å². The number of fused-ring (bicyclic) bond motifs is 1. The topological polar surface area (TPSA) is 67.4 Å². The van der Waals surface area contributed by atoms with E-state index in [2.05, 4.69) is 10.6 Å².